The number of hydrogen-bond donors (Lipinski definition) is 2. The number of carboxylic acids is 1. The number of rotatable bonds is 6. The third kappa shape index (κ3) is 3.23. The summed E-state index contributed by atoms with van der Waals surface area (Å²) >= 11 is 0. The van der Waals surface area contributed by atoms with Gasteiger partial charge in [0.25, 0.3) is 0 Å². The van der Waals surface area contributed by atoms with Crippen LogP contribution in [0.15, 0.2) is 24.3 Å². The molecule has 0 aromatic heterocycles. The Labute approximate surface area is 111 Å². The number of carboxylic acid groups (broad SMARTS) is 1. The van der Waals surface area contributed by atoms with E-state index in [1.165, 1.54) is 21.1 Å². The van der Waals surface area contributed by atoms with Crippen molar-refractivity contribution in [3.05, 3.63) is 29.8 Å². The molecule has 1 unspecified atom stereocenters. The van der Waals surface area contributed by atoms with E-state index in [0.717, 1.165) is 0 Å². The van der Waals surface area contributed by atoms with Crippen molar-refractivity contribution >= 4 is 11.9 Å². The molecule has 0 aliphatic carbocycles. The highest BCUT2D eigenvalue weighted by Crippen LogP contribution is 2.24. The van der Waals surface area contributed by atoms with Crippen molar-refractivity contribution in [3.63, 3.8) is 0 Å². The van der Waals surface area contributed by atoms with E-state index in [9.17, 15) is 14.7 Å². The van der Waals surface area contributed by atoms with Gasteiger partial charge in [-0.1, -0.05) is 12.1 Å². The minimum absolute atomic E-state index is 0.172. The number of hydrogen-bond acceptors (Lipinski definition) is 4. The first kappa shape index (κ1) is 15.0. The van der Waals surface area contributed by atoms with E-state index in [0.29, 0.717) is 11.3 Å². The van der Waals surface area contributed by atoms with Gasteiger partial charge in [0, 0.05) is 14.0 Å². The molecule has 2 N–H and O–H groups in total. The highest BCUT2D eigenvalue weighted by molar-refractivity contribution is 5.87. The molecule has 1 aromatic rings. The Balaban J connectivity index is 3.26. The summed E-state index contributed by atoms with van der Waals surface area (Å²) in [6.07, 6.45) is 0. The summed E-state index contributed by atoms with van der Waals surface area (Å²) in [6.45, 7) is 1.09. The van der Waals surface area contributed by atoms with E-state index in [2.05, 4.69) is 5.32 Å². The average Bonchev–Trinajstić information content (AvgIpc) is 2.37. The molecule has 0 radical (unpaired) electrons. The highest BCUT2D eigenvalue weighted by atomic mass is 16.5. The number of nitrogens with one attached hydrogen (secondary N) is 1. The average molecular weight is 267 g/mol. The van der Waals surface area contributed by atoms with Crippen molar-refractivity contribution in [2.24, 2.45) is 0 Å². The Morgan fingerprint density at radius 1 is 1.26 bits per heavy atom. The van der Waals surface area contributed by atoms with Crippen LogP contribution in [0.3, 0.4) is 0 Å². The second-order valence-corrected chi connectivity index (χ2v) is 4.05. The normalized spacial score (nSPS) is 13.4. The summed E-state index contributed by atoms with van der Waals surface area (Å²) < 4.78 is 9.97. The maximum atomic E-state index is 11.6. The lowest BCUT2D eigenvalue weighted by Crippen LogP contribution is -2.54. The van der Waals surface area contributed by atoms with E-state index in [-0.39, 0.29) is 6.61 Å². The van der Waals surface area contributed by atoms with Gasteiger partial charge in [-0.25, -0.2) is 4.79 Å². The van der Waals surface area contributed by atoms with Crippen molar-refractivity contribution in [2.45, 2.75) is 12.5 Å². The molecule has 6 nitrogen and oxygen atoms in total. The summed E-state index contributed by atoms with van der Waals surface area (Å²) in [5.74, 6) is -1.03. The number of carbonyl (C=O) groups excluding carboxylic acids is 1. The molecule has 1 rings (SSSR count). The van der Waals surface area contributed by atoms with Gasteiger partial charge in [0.1, 0.15) is 5.75 Å². The van der Waals surface area contributed by atoms with Gasteiger partial charge < -0.3 is 19.9 Å². The van der Waals surface area contributed by atoms with Crippen molar-refractivity contribution in [2.75, 3.05) is 20.8 Å². The van der Waals surface area contributed by atoms with Gasteiger partial charge in [-0.3, -0.25) is 4.79 Å². The maximum absolute atomic E-state index is 11.6. The largest absolute Gasteiger partial charge is 0.497 e. The third-order valence-corrected chi connectivity index (χ3v) is 2.70. The number of methoxy groups -OCH3 is 2. The first-order chi connectivity index (χ1) is 8.96. The molecule has 1 aromatic carbocycles. The van der Waals surface area contributed by atoms with Crippen LogP contribution >= 0.6 is 0 Å². The standard InChI is InChI=1S/C13H17NO5/c1-9(15)14-13(8-18-2,12(16)17)10-4-6-11(19-3)7-5-10/h4-7H,8H2,1-3H3,(H,14,15)(H,16,17). The molecule has 19 heavy (non-hydrogen) atoms. The van der Waals surface area contributed by atoms with Crippen molar-refractivity contribution in [3.8, 4) is 5.75 Å². The van der Waals surface area contributed by atoms with Gasteiger partial charge in [0.15, 0.2) is 5.54 Å². The molecule has 0 heterocycles. The van der Waals surface area contributed by atoms with Crippen LogP contribution in [0, 0.1) is 0 Å². The van der Waals surface area contributed by atoms with Crippen LogP contribution in [-0.4, -0.2) is 37.8 Å². The topological polar surface area (TPSA) is 84.9 Å². The molecule has 1 amide bonds. The molecule has 0 saturated carbocycles. The second kappa shape index (κ2) is 6.19. The SMILES string of the molecule is COCC(NC(C)=O)(C(=O)O)c1ccc(OC)cc1. The summed E-state index contributed by atoms with van der Waals surface area (Å²) in [4.78, 5) is 22.9. The lowest BCUT2D eigenvalue weighted by Gasteiger charge is -2.29. The van der Waals surface area contributed by atoms with Crippen molar-refractivity contribution in [1.29, 1.82) is 0 Å². The first-order valence-corrected chi connectivity index (χ1v) is 5.62. The molecule has 0 aliphatic rings. The lowest BCUT2D eigenvalue weighted by atomic mass is 9.90. The molecule has 0 saturated heterocycles. The van der Waals surface area contributed by atoms with Crippen LogP contribution in [0.25, 0.3) is 0 Å². The van der Waals surface area contributed by atoms with E-state index < -0.39 is 17.4 Å². The van der Waals surface area contributed by atoms with Gasteiger partial charge in [0.2, 0.25) is 5.91 Å². The van der Waals surface area contributed by atoms with Gasteiger partial charge in [-0.2, -0.15) is 0 Å². The Hall–Kier alpha value is -2.08. The van der Waals surface area contributed by atoms with E-state index in [1.807, 2.05) is 0 Å². The molecule has 0 spiro atoms. The predicted molar refractivity (Wildman–Crippen MR) is 68.0 cm³/mol. The molecular weight excluding hydrogens is 250 g/mol. The van der Waals surface area contributed by atoms with E-state index in [1.54, 1.807) is 24.3 Å². The summed E-state index contributed by atoms with van der Waals surface area (Å²) in [5, 5.41) is 11.9. The van der Waals surface area contributed by atoms with Crippen LogP contribution in [0.4, 0.5) is 0 Å². The van der Waals surface area contributed by atoms with E-state index >= 15 is 0 Å². The van der Waals surface area contributed by atoms with E-state index in [4.69, 9.17) is 9.47 Å². The molecular formula is C13H17NO5. The van der Waals surface area contributed by atoms with Gasteiger partial charge >= 0.3 is 5.97 Å². The number of aliphatic carboxylic acids is 1. The van der Waals surface area contributed by atoms with Crippen LogP contribution in [0.1, 0.15) is 12.5 Å². The quantitative estimate of drug-likeness (QED) is 0.794. The minimum Gasteiger partial charge on any atom is -0.497 e. The fourth-order valence-corrected chi connectivity index (χ4v) is 1.82. The summed E-state index contributed by atoms with van der Waals surface area (Å²) in [5.41, 5.74) is -1.19. The second-order valence-electron chi connectivity index (χ2n) is 4.05. The maximum Gasteiger partial charge on any atom is 0.336 e. The highest BCUT2D eigenvalue weighted by Gasteiger charge is 2.41. The first-order valence-electron chi connectivity index (χ1n) is 5.62. The smallest absolute Gasteiger partial charge is 0.336 e. The molecule has 0 fully saturated rings. The zero-order chi connectivity index (χ0) is 14.5. The molecule has 1 atom stereocenters. The molecule has 0 aliphatic heterocycles. The zero-order valence-corrected chi connectivity index (χ0v) is 11.1. The number of amides is 1. The van der Waals surface area contributed by atoms with Crippen molar-refractivity contribution < 1.29 is 24.2 Å². The Bertz CT molecular complexity index is 457. The van der Waals surface area contributed by atoms with Crippen LogP contribution < -0.4 is 10.1 Å². The molecule has 104 valence electrons. The lowest BCUT2D eigenvalue weighted by molar-refractivity contribution is -0.150. The van der Waals surface area contributed by atoms with Crippen LogP contribution in [-0.2, 0) is 19.9 Å². The fourth-order valence-electron chi connectivity index (χ4n) is 1.82. The summed E-state index contributed by atoms with van der Waals surface area (Å²) in [6, 6.07) is 6.43. The Kier molecular flexibility index (Phi) is 4.88. The Morgan fingerprint density at radius 3 is 2.21 bits per heavy atom. The minimum atomic E-state index is -1.60. The number of ether oxygens (including phenoxy) is 2. The van der Waals surface area contributed by atoms with Crippen LogP contribution in [0.2, 0.25) is 0 Å². The zero-order valence-electron chi connectivity index (χ0n) is 11.1. The molecule has 0 bridgehead atoms. The van der Waals surface area contributed by atoms with Crippen LogP contribution in [0.5, 0.6) is 5.75 Å². The number of benzene rings is 1. The molecule has 6 heteroatoms. The van der Waals surface area contributed by atoms with Gasteiger partial charge in [-0.15, -0.1) is 0 Å². The monoisotopic (exact) mass is 267 g/mol. The summed E-state index contributed by atoms with van der Waals surface area (Å²) in [7, 11) is 2.89. The van der Waals surface area contributed by atoms with Gasteiger partial charge in [-0.05, 0) is 17.7 Å². The predicted octanol–water partition coefficient (Wildman–Crippen LogP) is 0.758. The third-order valence-electron chi connectivity index (χ3n) is 2.70. The Morgan fingerprint density at radius 2 is 1.84 bits per heavy atom. The van der Waals surface area contributed by atoms with Crippen molar-refractivity contribution in [1.82, 2.24) is 5.32 Å². The fraction of sp³-hybridized carbons (Fsp3) is 0.385. The number of carbonyl (C=O) groups is 2. The van der Waals surface area contributed by atoms with Gasteiger partial charge in [0.05, 0.1) is 13.7 Å².